The van der Waals surface area contributed by atoms with E-state index in [4.69, 9.17) is 25.8 Å². The first-order chi connectivity index (χ1) is 14.5. The van der Waals surface area contributed by atoms with Gasteiger partial charge in [-0.05, 0) is 68.1 Å². The van der Waals surface area contributed by atoms with Crippen LogP contribution in [-0.2, 0) is 4.79 Å². The van der Waals surface area contributed by atoms with Crippen molar-refractivity contribution in [2.45, 2.75) is 13.8 Å². The van der Waals surface area contributed by atoms with Crippen LogP contribution in [0.4, 0.5) is 4.79 Å². The zero-order chi connectivity index (χ0) is 21.5. The molecular weight excluding hydrogens is 426 g/mol. The number of nitrogens with zero attached hydrogens (tertiary/aromatic N) is 1. The van der Waals surface area contributed by atoms with Crippen LogP contribution in [0.2, 0.25) is 5.02 Å². The zero-order valence-electron chi connectivity index (χ0n) is 16.7. The predicted molar refractivity (Wildman–Crippen MR) is 118 cm³/mol. The lowest BCUT2D eigenvalue weighted by atomic mass is 10.1. The second kappa shape index (κ2) is 10.4. The molecule has 1 aliphatic heterocycles. The molecule has 2 aromatic rings. The van der Waals surface area contributed by atoms with Crippen LogP contribution in [-0.4, -0.2) is 42.4 Å². The number of carbonyl (C=O) groups excluding carboxylic acids is 2. The van der Waals surface area contributed by atoms with Gasteiger partial charge in [-0.1, -0.05) is 11.6 Å². The molecule has 0 radical (unpaired) electrons. The minimum atomic E-state index is -0.346. The molecule has 2 amide bonds. The van der Waals surface area contributed by atoms with E-state index < -0.39 is 0 Å². The summed E-state index contributed by atoms with van der Waals surface area (Å²) in [5.41, 5.74) is 0.711. The molecule has 1 fully saturated rings. The molecule has 0 aromatic heterocycles. The molecule has 0 unspecified atom stereocenters. The van der Waals surface area contributed by atoms with Gasteiger partial charge in [0.25, 0.3) is 11.1 Å². The topological polar surface area (TPSA) is 65.1 Å². The summed E-state index contributed by atoms with van der Waals surface area (Å²) >= 11 is 6.75. The van der Waals surface area contributed by atoms with Gasteiger partial charge in [0.2, 0.25) is 0 Å². The van der Waals surface area contributed by atoms with E-state index in [9.17, 15) is 9.59 Å². The van der Waals surface area contributed by atoms with Gasteiger partial charge in [-0.25, -0.2) is 0 Å². The molecule has 6 nitrogen and oxygen atoms in total. The van der Waals surface area contributed by atoms with Crippen LogP contribution >= 0.6 is 23.4 Å². The van der Waals surface area contributed by atoms with E-state index in [2.05, 4.69) is 0 Å². The van der Waals surface area contributed by atoms with E-state index >= 15 is 0 Å². The standard InChI is InChI=1S/C22H22ClNO5S/c1-3-27-18-8-5-15(19(14-18)28-4-2)13-20-21(25)24(22(26)30-20)11-12-29-17-9-6-16(23)7-10-17/h5-10,13-14H,3-4,11-12H2,1-2H3/b20-13-. The molecule has 0 aliphatic carbocycles. The van der Waals surface area contributed by atoms with Gasteiger partial charge in [0, 0.05) is 16.7 Å². The molecule has 0 N–H and O–H groups in total. The van der Waals surface area contributed by atoms with Crippen LogP contribution in [0.1, 0.15) is 19.4 Å². The summed E-state index contributed by atoms with van der Waals surface area (Å²) in [4.78, 5) is 26.6. The maximum Gasteiger partial charge on any atom is 0.293 e. The number of amides is 2. The summed E-state index contributed by atoms with van der Waals surface area (Å²) in [6.07, 6.45) is 1.67. The number of carbonyl (C=O) groups is 2. The van der Waals surface area contributed by atoms with E-state index in [-0.39, 0.29) is 24.3 Å². The second-order valence-corrected chi connectivity index (χ2v) is 7.63. The summed E-state index contributed by atoms with van der Waals surface area (Å²) in [7, 11) is 0. The Morgan fingerprint density at radius 3 is 2.37 bits per heavy atom. The summed E-state index contributed by atoms with van der Waals surface area (Å²) in [6.45, 7) is 5.15. The summed E-state index contributed by atoms with van der Waals surface area (Å²) in [6, 6.07) is 12.3. The number of hydrogen-bond donors (Lipinski definition) is 0. The first kappa shape index (κ1) is 22.1. The molecule has 0 atom stereocenters. The summed E-state index contributed by atoms with van der Waals surface area (Å²) in [5, 5.41) is 0.286. The second-order valence-electron chi connectivity index (χ2n) is 6.20. The van der Waals surface area contributed by atoms with Crippen LogP contribution in [0.5, 0.6) is 17.2 Å². The van der Waals surface area contributed by atoms with Gasteiger partial charge < -0.3 is 14.2 Å². The first-order valence-corrected chi connectivity index (χ1v) is 10.7. The van der Waals surface area contributed by atoms with Crippen molar-refractivity contribution >= 4 is 40.6 Å². The van der Waals surface area contributed by atoms with Crippen LogP contribution in [0, 0.1) is 0 Å². The third-order valence-corrected chi connectivity index (χ3v) is 5.31. The highest BCUT2D eigenvalue weighted by Crippen LogP contribution is 2.35. The molecule has 0 bridgehead atoms. The van der Waals surface area contributed by atoms with Crippen molar-refractivity contribution in [2.75, 3.05) is 26.4 Å². The number of imide groups is 1. The van der Waals surface area contributed by atoms with Gasteiger partial charge in [0.05, 0.1) is 24.7 Å². The maximum atomic E-state index is 12.7. The fourth-order valence-corrected chi connectivity index (χ4v) is 3.77. The molecule has 1 aliphatic rings. The highest BCUT2D eigenvalue weighted by atomic mass is 35.5. The Labute approximate surface area is 184 Å². The number of benzene rings is 2. The predicted octanol–water partition coefficient (Wildman–Crippen LogP) is 5.25. The summed E-state index contributed by atoms with van der Waals surface area (Å²) in [5.74, 6) is 1.56. The van der Waals surface area contributed by atoms with Crippen molar-refractivity contribution in [1.29, 1.82) is 0 Å². The number of halogens is 1. The Balaban J connectivity index is 1.69. The Bertz CT molecular complexity index is 945. The Kier molecular flexibility index (Phi) is 7.65. The van der Waals surface area contributed by atoms with Crippen molar-refractivity contribution in [3.05, 3.63) is 58.0 Å². The van der Waals surface area contributed by atoms with E-state index in [1.165, 1.54) is 4.90 Å². The lowest BCUT2D eigenvalue weighted by molar-refractivity contribution is -0.123. The van der Waals surface area contributed by atoms with Gasteiger partial charge >= 0.3 is 0 Å². The average Bonchev–Trinajstić information content (AvgIpc) is 2.99. The van der Waals surface area contributed by atoms with Crippen molar-refractivity contribution in [1.82, 2.24) is 4.90 Å². The highest BCUT2D eigenvalue weighted by molar-refractivity contribution is 8.18. The van der Waals surface area contributed by atoms with Crippen LogP contribution in [0.3, 0.4) is 0 Å². The molecule has 0 saturated carbocycles. The fraction of sp³-hybridized carbons (Fsp3) is 0.273. The Morgan fingerprint density at radius 2 is 1.67 bits per heavy atom. The molecule has 3 rings (SSSR count). The quantitative estimate of drug-likeness (QED) is 0.489. The summed E-state index contributed by atoms with van der Waals surface area (Å²) < 4.78 is 16.8. The molecule has 0 spiro atoms. The smallest absolute Gasteiger partial charge is 0.293 e. The fourth-order valence-electron chi connectivity index (χ4n) is 2.79. The zero-order valence-corrected chi connectivity index (χ0v) is 18.3. The van der Waals surface area contributed by atoms with E-state index in [0.29, 0.717) is 46.0 Å². The molecule has 1 heterocycles. The van der Waals surface area contributed by atoms with Crippen LogP contribution in [0.25, 0.3) is 6.08 Å². The molecule has 2 aromatic carbocycles. The Morgan fingerprint density at radius 1 is 0.967 bits per heavy atom. The van der Waals surface area contributed by atoms with E-state index in [1.807, 2.05) is 26.0 Å². The number of thioether (sulfide) groups is 1. The lowest BCUT2D eigenvalue weighted by Crippen LogP contribution is -2.32. The first-order valence-electron chi connectivity index (χ1n) is 9.55. The molecule has 30 heavy (non-hydrogen) atoms. The number of rotatable bonds is 9. The number of hydrogen-bond acceptors (Lipinski definition) is 6. The SMILES string of the molecule is CCOc1ccc(/C=C2\SC(=O)N(CCOc3ccc(Cl)cc3)C2=O)c(OCC)c1. The monoisotopic (exact) mass is 447 g/mol. The van der Waals surface area contributed by atoms with Gasteiger partial charge in [0.1, 0.15) is 23.9 Å². The normalized spacial score (nSPS) is 15.0. The van der Waals surface area contributed by atoms with Gasteiger partial charge in [0.15, 0.2) is 0 Å². The van der Waals surface area contributed by atoms with Crippen LogP contribution in [0.15, 0.2) is 47.4 Å². The number of ether oxygens (including phenoxy) is 3. The lowest BCUT2D eigenvalue weighted by Gasteiger charge is -2.13. The van der Waals surface area contributed by atoms with Crippen molar-refractivity contribution < 1.29 is 23.8 Å². The molecule has 1 saturated heterocycles. The van der Waals surface area contributed by atoms with Crippen molar-refractivity contribution in [3.8, 4) is 17.2 Å². The minimum Gasteiger partial charge on any atom is -0.494 e. The Hall–Kier alpha value is -2.64. The molecule has 158 valence electrons. The van der Waals surface area contributed by atoms with Gasteiger partial charge in [-0.3, -0.25) is 14.5 Å². The molecule has 8 heteroatoms. The molecular formula is C22H22ClNO5S. The van der Waals surface area contributed by atoms with Crippen LogP contribution < -0.4 is 14.2 Å². The largest absolute Gasteiger partial charge is 0.494 e. The highest BCUT2D eigenvalue weighted by Gasteiger charge is 2.35. The average molecular weight is 448 g/mol. The van der Waals surface area contributed by atoms with Crippen molar-refractivity contribution in [2.24, 2.45) is 0 Å². The van der Waals surface area contributed by atoms with Gasteiger partial charge in [-0.2, -0.15) is 0 Å². The minimum absolute atomic E-state index is 0.159. The third-order valence-electron chi connectivity index (χ3n) is 4.15. The van der Waals surface area contributed by atoms with Gasteiger partial charge in [-0.15, -0.1) is 0 Å². The van der Waals surface area contributed by atoms with E-state index in [0.717, 1.165) is 11.8 Å². The third kappa shape index (κ3) is 5.49. The van der Waals surface area contributed by atoms with E-state index in [1.54, 1.807) is 36.4 Å². The van der Waals surface area contributed by atoms with Crippen molar-refractivity contribution in [3.63, 3.8) is 0 Å². The maximum absolute atomic E-state index is 12.7.